The normalized spacial score (nSPS) is 9.94. The van der Waals surface area contributed by atoms with E-state index in [1.165, 1.54) is 0 Å². The van der Waals surface area contributed by atoms with Crippen molar-refractivity contribution in [3.05, 3.63) is 48.7 Å². The molecule has 3 nitrogen and oxygen atoms in total. The summed E-state index contributed by atoms with van der Waals surface area (Å²) in [6.07, 6.45) is 1.95. The van der Waals surface area contributed by atoms with Gasteiger partial charge < -0.3 is 4.74 Å². The van der Waals surface area contributed by atoms with Crippen LogP contribution in [0.3, 0.4) is 0 Å². The number of nitrogens with zero attached hydrogens (tertiary/aromatic N) is 1. The molecule has 0 spiro atoms. The van der Waals surface area contributed by atoms with Crippen molar-refractivity contribution in [2.24, 2.45) is 0 Å². The highest BCUT2D eigenvalue weighted by molar-refractivity contribution is 5.76. The number of hydrogen-bond donors (Lipinski definition) is 0. The number of hydrogen-bond acceptors (Lipinski definition) is 3. The van der Waals surface area contributed by atoms with Gasteiger partial charge in [0.1, 0.15) is 0 Å². The van der Waals surface area contributed by atoms with E-state index < -0.39 is 0 Å². The van der Waals surface area contributed by atoms with Crippen LogP contribution in [0.5, 0.6) is 5.88 Å². The lowest BCUT2D eigenvalue weighted by atomic mass is 10.1. The van der Waals surface area contributed by atoms with E-state index in [4.69, 9.17) is 4.74 Å². The Hall–Kier alpha value is -2.16. The molecule has 2 aromatic rings. The standard InChI is InChI=1S/C14H13NO2/c1-2-13(16)17-14-12(9-6-10-15-14)11-7-4-3-5-8-11/h3-10H,2H2,1H3. The van der Waals surface area contributed by atoms with Crippen LogP contribution in [0, 0.1) is 0 Å². The van der Waals surface area contributed by atoms with Gasteiger partial charge in [0, 0.05) is 18.2 Å². The summed E-state index contributed by atoms with van der Waals surface area (Å²) in [6, 6.07) is 13.5. The predicted octanol–water partition coefficient (Wildman–Crippen LogP) is 3.06. The molecule has 0 radical (unpaired) electrons. The Balaban J connectivity index is 2.38. The smallest absolute Gasteiger partial charge is 0.312 e. The van der Waals surface area contributed by atoms with Crippen LogP contribution in [0.2, 0.25) is 0 Å². The first kappa shape index (κ1) is 11.3. The van der Waals surface area contributed by atoms with Crippen LogP contribution in [-0.4, -0.2) is 11.0 Å². The third-order valence-corrected chi connectivity index (χ3v) is 2.36. The fourth-order valence-corrected chi connectivity index (χ4v) is 1.49. The Morgan fingerprint density at radius 1 is 1.18 bits per heavy atom. The van der Waals surface area contributed by atoms with Gasteiger partial charge in [0.2, 0.25) is 5.88 Å². The van der Waals surface area contributed by atoms with Crippen LogP contribution in [0.15, 0.2) is 48.7 Å². The van der Waals surface area contributed by atoms with E-state index >= 15 is 0 Å². The minimum Gasteiger partial charge on any atom is -0.407 e. The quantitative estimate of drug-likeness (QED) is 0.756. The van der Waals surface area contributed by atoms with Crippen molar-refractivity contribution in [2.45, 2.75) is 13.3 Å². The van der Waals surface area contributed by atoms with Crippen molar-refractivity contribution in [3.8, 4) is 17.0 Å². The van der Waals surface area contributed by atoms with Gasteiger partial charge in [-0.15, -0.1) is 0 Å². The number of aromatic nitrogens is 1. The summed E-state index contributed by atoms with van der Waals surface area (Å²) in [5, 5.41) is 0. The lowest BCUT2D eigenvalue weighted by Gasteiger charge is -2.07. The Labute approximate surface area is 100 Å². The molecule has 2 rings (SSSR count). The van der Waals surface area contributed by atoms with Crippen LogP contribution < -0.4 is 4.74 Å². The van der Waals surface area contributed by atoms with Crippen LogP contribution >= 0.6 is 0 Å². The molecule has 0 aliphatic carbocycles. The minimum atomic E-state index is -0.277. The second kappa shape index (κ2) is 5.25. The van der Waals surface area contributed by atoms with E-state index in [1.54, 1.807) is 13.1 Å². The summed E-state index contributed by atoms with van der Waals surface area (Å²) in [6.45, 7) is 1.76. The fraction of sp³-hybridized carbons (Fsp3) is 0.143. The summed E-state index contributed by atoms with van der Waals surface area (Å²) in [5.41, 5.74) is 1.81. The highest BCUT2D eigenvalue weighted by Gasteiger charge is 2.09. The number of carbonyl (C=O) groups is 1. The summed E-state index contributed by atoms with van der Waals surface area (Å²) < 4.78 is 5.20. The molecule has 0 aliphatic rings. The van der Waals surface area contributed by atoms with Gasteiger partial charge in [0.05, 0.1) is 0 Å². The Morgan fingerprint density at radius 3 is 2.65 bits per heavy atom. The molecule has 0 saturated carbocycles. The maximum atomic E-state index is 11.3. The summed E-state index contributed by atoms with van der Waals surface area (Å²) >= 11 is 0. The zero-order valence-electron chi connectivity index (χ0n) is 9.59. The highest BCUT2D eigenvalue weighted by Crippen LogP contribution is 2.27. The second-order valence-electron chi connectivity index (χ2n) is 3.55. The summed E-state index contributed by atoms with van der Waals surface area (Å²) in [5.74, 6) is 0.0893. The van der Waals surface area contributed by atoms with Crippen LogP contribution in [0.25, 0.3) is 11.1 Å². The first-order valence-electron chi connectivity index (χ1n) is 5.52. The fourth-order valence-electron chi connectivity index (χ4n) is 1.49. The largest absolute Gasteiger partial charge is 0.407 e. The van der Waals surface area contributed by atoms with Crippen LogP contribution in [-0.2, 0) is 4.79 Å². The van der Waals surface area contributed by atoms with Gasteiger partial charge in [0.15, 0.2) is 0 Å². The van der Waals surface area contributed by atoms with E-state index in [-0.39, 0.29) is 5.97 Å². The molecule has 0 bridgehead atoms. The molecule has 0 N–H and O–H groups in total. The molecule has 17 heavy (non-hydrogen) atoms. The molecule has 0 amide bonds. The monoisotopic (exact) mass is 227 g/mol. The van der Waals surface area contributed by atoms with Crippen molar-refractivity contribution >= 4 is 5.97 Å². The van der Waals surface area contributed by atoms with E-state index in [2.05, 4.69) is 4.98 Å². The zero-order chi connectivity index (χ0) is 12.1. The first-order chi connectivity index (χ1) is 8.31. The van der Waals surface area contributed by atoms with Gasteiger partial charge in [-0.05, 0) is 17.7 Å². The molecule has 3 heteroatoms. The molecule has 86 valence electrons. The van der Waals surface area contributed by atoms with Crippen molar-refractivity contribution in [1.29, 1.82) is 0 Å². The van der Waals surface area contributed by atoms with Crippen LogP contribution in [0.1, 0.15) is 13.3 Å². The molecule has 1 heterocycles. The number of esters is 1. The molecular formula is C14H13NO2. The molecule has 0 saturated heterocycles. The minimum absolute atomic E-state index is 0.277. The number of carbonyl (C=O) groups excluding carboxylic acids is 1. The predicted molar refractivity (Wildman–Crippen MR) is 65.6 cm³/mol. The second-order valence-corrected chi connectivity index (χ2v) is 3.55. The molecule has 1 aromatic carbocycles. The van der Waals surface area contributed by atoms with Gasteiger partial charge in [-0.25, -0.2) is 4.98 Å². The van der Waals surface area contributed by atoms with Gasteiger partial charge in [0.25, 0.3) is 0 Å². The Bertz CT molecular complexity index is 509. The van der Waals surface area contributed by atoms with Crippen molar-refractivity contribution in [2.75, 3.05) is 0 Å². The van der Waals surface area contributed by atoms with Gasteiger partial charge >= 0.3 is 5.97 Å². The third-order valence-electron chi connectivity index (χ3n) is 2.36. The Kier molecular flexibility index (Phi) is 3.50. The maximum absolute atomic E-state index is 11.3. The molecule has 0 atom stereocenters. The number of rotatable bonds is 3. The molecular weight excluding hydrogens is 214 g/mol. The zero-order valence-corrected chi connectivity index (χ0v) is 9.59. The van der Waals surface area contributed by atoms with Gasteiger partial charge in [-0.3, -0.25) is 4.79 Å². The lowest BCUT2D eigenvalue weighted by Crippen LogP contribution is -2.07. The van der Waals surface area contributed by atoms with Crippen molar-refractivity contribution < 1.29 is 9.53 Å². The van der Waals surface area contributed by atoms with Gasteiger partial charge in [-0.1, -0.05) is 37.3 Å². The number of benzene rings is 1. The first-order valence-corrected chi connectivity index (χ1v) is 5.52. The molecule has 0 unspecified atom stereocenters. The van der Waals surface area contributed by atoms with Gasteiger partial charge in [-0.2, -0.15) is 0 Å². The van der Waals surface area contributed by atoms with E-state index in [1.807, 2.05) is 42.5 Å². The summed E-state index contributed by atoms with van der Waals surface area (Å²) in [7, 11) is 0. The molecule has 0 aliphatic heterocycles. The van der Waals surface area contributed by atoms with Crippen LogP contribution in [0.4, 0.5) is 0 Å². The van der Waals surface area contributed by atoms with E-state index in [0.717, 1.165) is 11.1 Å². The third kappa shape index (κ3) is 2.69. The average Bonchev–Trinajstić information content (AvgIpc) is 2.40. The highest BCUT2D eigenvalue weighted by atomic mass is 16.5. The SMILES string of the molecule is CCC(=O)Oc1ncccc1-c1ccccc1. The molecule has 0 fully saturated rings. The Morgan fingerprint density at radius 2 is 1.94 bits per heavy atom. The van der Waals surface area contributed by atoms with E-state index in [9.17, 15) is 4.79 Å². The average molecular weight is 227 g/mol. The van der Waals surface area contributed by atoms with E-state index in [0.29, 0.717) is 12.3 Å². The summed E-state index contributed by atoms with van der Waals surface area (Å²) in [4.78, 5) is 15.4. The maximum Gasteiger partial charge on any atom is 0.312 e. The number of ether oxygens (including phenoxy) is 1. The topological polar surface area (TPSA) is 39.2 Å². The molecule has 1 aromatic heterocycles. The van der Waals surface area contributed by atoms with Crippen molar-refractivity contribution in [3.63, 3.8) is 0 Å². The number of pyridine rings is 1. The van der Waals surface area contributed by atoms with Crippen molar-refractivity contribution in [1.82, 2.24) is 4.98 Å². The lowest BCUT2D eigenvalue weighted by molar-refractivity contribution is -0.134.